The Hall–Kier alpha value is -2.95. The van der Waals surface area contributed by atoms with Gasteiger partial charge in [0, 0.05) is 11.5 Å². The maximum absolute atomic E-state index is 12.2. The number of ether oxygens (including phenoxy) is 1. The third-order valence-corrected chi connectivity index (χ3v) is 3.36. The minimum absolute atomic E-state index is 0.199. The van der Waals surface area contributed by atoms with Crippen molar-refractivity contribution in [2.45, 2.75) is 13.8 Å². The predicted octanol–water partition coefficient (Wildman–Crippen LogP) is 3.32. The first-order valence-corrected chi connectivity index (χ1v) is 7.64. The van der Waals surface area contributed by atoms with Gasteiger partial charge in [-0.25, -0.2) is 4.79 Å². The van der Waals surface area contributed by atoms with Crippen LogP contribution in [0, 0.1) is 5.92 Å². The molecule has 5 nitrogen and oxygen atoms in total. The van der Waals surface area contributed by atoms with Crippen LogP contribution in [0.3, 0.4) is 0 Å². The van der Waals surface area contributed by atoms with Gasteiger partial charge in [-0.15, -0.1) is 0 Å². The smallest absolute Gasteiger partial charge is 0.340 e. The van der Waals surface area contributed by atoms with Crippen LogP contribution >= 0.6 is 0 Å². The van der Waals surface area contributed by atoms with Crippen molar-refractivity contribution in [1.29, 1.82) is 0 Å². The number of carbonyl (C=O) groups excluding carboxylic acids is 3. The zero-order valence-electron chi connectivity index (χ0n) is 13.6. The van der Waals surface area contributed by atoms with Gasteiger partial charge in [-0.05, 0) is 12.1 Å². The van der Waals surface area contributed by atoms with Crippen LogP contribution in [0.2, 0.25) is 0 Å². The number of hydrogen-bond donors (Lipinski definition) is 1. The van der Waals surface area contributed by atoms with Gasteiger partial charge in [-0.2, -0.15) is 0 Å². The van der Waals surface area contributed by atoms with Crippen LogP contribution in [0.25, 0.3) is 0 Å². The molecule has 1 N–H and O–H groups in total. The van der Waals surface area contributed by atoms with Gasteiger partial charge in [0.15, 0.2) is 12.4 Å². The van der Waals surface area contributed by atoms with E-state index in [1.807, 2.05) is 0 Å². The summed E-state index contributed by atoms with van der Waals surface area (Å²) in [6.07, 6.45) is 0. The molecule has 5 heteroatoms. The number of para-hydroxylation sites is 1. The summed E-state index contributed by atoms with van der Waals surface area (Å²) in [5.74, 6) is -1.35. The van der Waals surface area contributed by atoms with Crippen LogP contribution in [0.4, 0.5) is 5.69 Å². The number of rotatable bonds is 6. The molecular formula is C19H19NO4. The van der Waals surface area contributed by atoms with Crippen molar-refractivity contribution in [1.82, 2.24) is 0 Å². The van der Waals surface area contributed by atoms with Crippen LogP contribution in [-0.2, 0) is 9.53 Å². The number of hydrogen-bond acceptors (Lipinski definition) is 4. The molecule has 0 unspecified atom stereocenters. The summed E-state index contributed by atoms with van der Waals surface area (Å²) in [6, 6.07) is 15.2. The number of anilines is 1. The predicted molar refractivity (Wildman–Crippen MR) is 91.0 cm³/mol. The highest BCUT2D eigenvalue weighted by atomic mass is 16.5. The Morgan fingerprint density at radius 2 is 1.58 bits per heavy atom. The first-order chi connectivity index (χ1) is 11.5. The highest BCUT2D eigenvalue weighted by Crippen LogP contribution is 2.17. The fourth-order valence-corrected chi connectivity index (χ4v) is 1.96. The van der Waals surface area contributed by atoms with E-state index in [9.17, 15) is 14.4 Å². The lowest BCUT2D eigenvalue weighted by atomic mass is 10.1. The number of esters is 1. The van der Waals surface area contributed by atoms with Crippen molar-refractivity contribution < 1.29 is 19.1 Å². The van der Waals surface area contributed by atoms with E-state index in [1.165, 1.54) is 0 Å². The normalized spacial score (nSPS) is 10.3. The molecule has 1 amide bonds. The Bertz CT molecular complexity index is 738. The monoisotopic (exact) mass is 325 g/mol. The molecule has 2 aromatic carbocycles. The number of ketones is 1. The standard InChI is InChI=1S/C19H19NO4/c1-13(2)18(22)20-16-11-7-6-10-15(16)19(23)24-12-17(21)14-8-4-3-5-9-14/h3-11,13H,12H2,1-2H3,(H,20,22). The van der Waals surface area contributed by atoms with E-state index in [2.05, 4.69) is 5.32 Å². The van der Waals surface area contributed by atoms with E-state index in [0.29, 0.717) is 11.3 Å². The van der Waals surface area contributed by atoms with Crippen LogP contribution in [0.15, 0.2) is 54.6 Å². The minimum Gasteiger partial charge on any atom is -0.454 e. The van der Waals surface area contributed by atoms with Gasteiger partial charge in [-0.3, -0.25) is 9.59 Å². The maximum Gasteiger partial charge on any atom is 0.340 e. The zero-order chi connectivity index (χ0) is 17.5. The molecule has 24 heavy (non-hydrogen) atoms. The van der Waals surface area contributed by atoms with Gasteiger partial charge in [0.1, 0.15) is 0 Å². The topological polar surface area (TPSA) is 72.5 Å². The van der Waals surface area contributed by atoms with Crippen molar-refractivity contribution in [3.05, 3.63) is 65.7 Å². The molecule has 0 aromatic heterocycles. The molecule has 0 radical (unpaired) electrons. The second-order valence-electron chi connectivity index (χ2n) is 5.55. The fourth-order valence-electron chi connectivity index (χ4n) is 1.96. The SMILES string of the molecule is CC(C)C(=O)Nc1ccccc1C(=O)OCC(=O)c1ccccc1. The van der Waals surface area contributed by atoms with Crippen molar-refractivity contribution in [2.75, 3.05) is 11.9 Å². The Morgan fingerprint density at radius 1 is 0.958 bits per heavy atom. The van der Waals surface area contributed by atoms with Crippen molar-refractivity contribution in [3.63, 3.8) is 0 Å². The zero-order valence-corrected chi connectivity index (χ0v) is 13.6. The van der Waals surface area contributed by atoms with Gasteiger partial charge in [0.2, 0.25) is 5.91 Å². The van der Waals surface area contributed by atoms with Gasteiger partial charge in [0.05, 0.1) is 11.3 Å². The Morgan fingerprint density at radius 3 is 2.25 bits per heavy atom. The van der Waals surface area contributed by atoms with E-state index in [-0.39, 0.29) is 29.8 Å². The van der Waals surface area contributed by atoms with Crippen LogP contribution < -0.4 is 5.32 Å². The molecule has 0 heterocycles. The second-order valence-corrected chi connectivity index (χ2v) is 5.55. The number of amides is 1. The van der Waals surface area contributed by atoms with E-state index in [1.54, 1.807) is 68.4 Å². The number of benzene rings is 2. The van der Waals surface area contributed by atoms with Gasteiger partial charge >= 0.3 is 5.97 Å². The lowest BCUT2D eigenvalue weighted by molar-refractivity contribution is -0.118. The van der Waals surface area contributed by atoms with Crippen LogP contribution in [-0.4, -0.2) is 24.3 Å². The lowest BCUT2D eigenvalue weighted by Gasteiger charge is -2.12. The summed E-state index contributed by atoms with van der Waals surface area (Å²) in [5.41, 5.74) is 1.06. The van der Waals surface area contributed by atoms with Crippen LogP contribution in [0.5, 0.6) is 0 Å². The minimum atomic E-state index is -0.654. The van der Waals surface area contributed by atoms with E-state index in [4.69, 9.17) is 4.74 Å². The molecule has 2 rings (SSSR count). The molecule has 0 atom stereocenters. The molecule has 0 bridgehead atoms. The maximum atomic E-state index is 12.2. The third kappa shape index (κ3) is 4.52. The van der Waals surface area contributed by atoms with Gasteiger partial charge in [-0.1, -0.05) is 56.3 Å². The molecule has 0 aliphatic carbocycles. The van der Waals surface area contributed by atoms with E-state index < -0.39 is 5.97 Å². The molecule has 0 saturated carbocycles. The summed E-state index contributed by atoms with van der Waals surface area (Å²) >= 11 is 0. The first kappa shape index (κ1) is 17.4. The third-order valence-electron chi connectivity index (χ3n) is 3.36. The molecule has 0 saturated heterocycles. The summed E-state index contributed by atoms with van der Waals surface area (Å²) in [4.78, 5) is 36.0. The van der Waals surface area contributed by atoms with Crippen molar-refractivity contribution in [2.24, 2.45) is 5.92 Å². The molecule has 0 aliphatic rings. The quantitative estimate of drug-likeness (QED) is 0.653. The highest BCUT2D eigenvalue weighted by Gasteiger charge is 2.17. The molecule has 2 aromatic rings. The van der Waals surface area contributed by atoms with Gasteiger partial charge in [0.25, 0.3) is 0 Å². The van der Waals surface area contributed by atoms with Crippen molar-refractivity contribution in [3.8, 4) is 0 Å². The van der Waals surface area contributed by atoms with Crippen LogP contribution in [0.1, 0.15) is 34.6 Å². The largest absolute Gasteiger partial charge is 0.454 e. The Kier molecular flexibility index (Phi) is 5.84. The molecule has 0 aliphatic heterocycles. The Labute approximate surface area is 140 Å². The average Bonchev–Trinajstić information content (AvgIpc) is 2.60. The molecule has 0 fully saturated rings. The summed E-state index contributed by atoms with van der Waals surface area (Å²) in [6.45, 7) is 3.17. The highest BCUT2D eigenvalue weighted by molar-refractivity contribution is 6.03. The lowest BCUT2D eigenvalue weighted by Crippen LogP contribution is -2.21. The van der Waals surface area contributed by atoms with Crippen molar-refractivity contribution >= 4 is 23.3 Å². The number of carbonyl (C=O) groups is 3. The molecule has 0 spiro atoms. The number of nitrogens with one attached hydrogen (secondary N) is 1. The Balaban J connectivity index is 2.05. The van der Waals surface area contributed by atoms with E-state index in [0.717, 1.165) is 0 Å². The average molecular weight is 325 g/mol. The summed E-state index contributed by atoms with van der Waals surface area (Å²) < 4.78 is 5.09. The van der Waals surface area contributed by atoms with E-state index >= 15 is 0 Å². The summed E-state index contributed by atoms with van der Waals surface area (Å²) in [5, 5.41) is 2.69. The number of Topliss-reactive ketones (excluding diaryl/α,β-unsaturated/α-hetero) is 1. The first-order valence-electron chi connectivity index (χ1n) is 7.64. The second kappa shape index (κ2) is 8.06. The molecule has 124 valence electrons. The fraction of sp³-hybridized carbons (Fsp3) is 0.211. The summed E-state index contributed by atoms with van der Waals surface area (Å²) in [7, 11) is 0. The van der Waals surface area contributed by atoms with Gasteiger partial charge < -0.3 is 10.1 Å². The molecular weight excluding hydrogens is 306 g/mol.